The molecule has 0 spiro atoms. The van der Waals surface area contributed by atoms with E-state index in [0.29, 0.717) is 44.0 Å². The zero-order chi connectivity index (χ0) is 22.2. The van der Waals surface area contributed by atoms with Gasteiger partial charge >= 0.3 is 0 Å². The van der Waals surface area contributed by atoms with Crippen molar-refractivity contribution in [1.82, 2.24) is 10.6 Å². The van der Waals surface area contributed by atoms with Gasteiger partial charge in [-0.1, -0.05) is 6.07 Å². The number of hydrogen-bond donors (Lipinski definition) is 2. The first-order valence-corrected chi connectivity index (χ1v) is 10.4. The van der Waals surface area contributed by atoms with Crippen molar-refractivity contribution in [2.75, 3.05) is 7.11 Å². The summed E-state index contributed by atoms with van der Waals surface area (Å²) in [4.78, 5) is 40.8. The fraction of sp³-hybridized carbons (Fsp3) is 0.0435. The van der Waals surface area contributed by atoms with Gasteiger partial charge in [-0.25, -0.2) is 4.99 Å². The maximum atomic E-state index is 12.3. The number of furan rings is 1. The maximum absolute atomic E-state index is 12.3. The van der Waals surface area contributed by atoms with E-state index in [-0.39, 0.29) is 5.91 Å². The molecular formula is C23H15N3O5S. The molecule has 3 amide bonds. The first kappa shape index (κ1) is 19.8. The van der Waals surface area contributed by atoms with Crippen LogP contribution in [0.2, 0.25) is 0 Å². The quantitative estimate of drug-likeness (QED) is 0.468. The molecular weight excluding hydrogens is 430 g/mol. The Labute approximate surface area is 186 Å². The zero-order valence-electron chi connectivity index (χ0n) is 16.7. The molecule has 32 heavy (non-hydrogen) atoms. The van der Waals surface area contributed by atoms with Crippen LogP contribution in [0.15, 0.2) is 68.9 Å². The van der Waals surface area contributed by atoms with E-state index >= 15 is 0 Å². The third-order valence-corrected chi connectivity index (χ3v) is 5.78. The molecule has 2 aliphatic rings. The van der Waals surface area contributed by atoms with Crippen LogP contribution in [0.25, 0.3) is 17.4 Å². The lowest BCUT2D eigenvalue weighted by Gasteiger charge is -2.00. The van der Waals surface area contributed by atoms with E-state index in [1.807, 2.05) is 0 Å². The summed E-state index contributed by atoms with van der Waals surface area (Å²) in [5.74, 6) is 0.614. The molecule has 158 valence electrons. The fourth-order valence-electron chi connectivity index (χ4n) is 3.29. The minimum absolute atomic E-state index is 0.270. The normalized spacial score (nSPS) is 17.6. The third-order valence-electron chi connectivity index (χ3n) is 4.87. The highest BCUT2D eigenvalue weighted by Crippen LogP contribution is 2.31. The summed E-state index contributed by atoms with van der Waals surface area (Å²) in [5, 5.41) is 5.46. The number of amides is 3. The molecule has 1 saturated heterocycles. The van der Waals surface area contributed by atoms with Gasteiger partial charge in [0, 0.05) is 11.6 Å². The predicted molar refractivity (Wildman–Crippen MR) is 120 cm³/mol. The van der Waals surface area contributed by atoms with Gasteiger partial charge < -0.3 is 14.5 Å². The van der Waals surface area contributed by atoms with Gasteiger partial charge in [0.15, 0.2) is 5.17 Å². The van der Waals surface area contributed by atoms with E-state index in [9.17, 15) is 14.4 Å². The lowest BCUT2D eigenvalue weighted by molar-refractivity contribution is -0.115. The monoisotopic (exact) mass is 445 g/mol. The van der Waals surface area contributed by atoms with Crippen LogP contribution >= 0.6 is 11.8 Å². The van der Waals surface area contributed by atoms with Crippen LogP contribution in [0.4, 0.5) is 5.69 Å². The third kappa shape index (κ3) is 3.69. The Balaban J connectivity index is 1.36. The molecule has 0 radical (unpaired) electrons. The lowest BCUT2D eigenvalue weighted by atomic mass is 10.0. The van der Waals surface area contributed by atoms with Gasteiger partial charge in [-0.2, -0.15) is 0 Å². The number of carbonyl (C=O) groups is 3. The highest BCUT2D eigenvalue weighted by atomic mass is 32.2. The van der Waals surface area contributed by atoms with Gasteiger partial charge in [-0.05, 0) is 60.3 Å². The second-order valence-corrected chi connectivity index (χ2v) is 7.96. The molecule has 0 bridgehead atoms. The number of fused-ring (bicyclic) bond motifs is 1. The van der Waals surface area contributed by atoms with Crippen molar-refractivity contribution in [2.45, 2.75) is 0 Å². The van der Waals surface area contributed by atoms with E-state index in [1.54, 1.807) is 67.8 Å². The Morgan fingerprint density at radius 3 is 2.47 bits per heavy atom. The largest absolute Gasteiger partial charge is 0.497 e. The summed E-state index contributed by atoms with van der Waals surface area (Å²) in [6, 6.07) is 15.6. The number of imide groups is 1. The molecule has 5 rings (SSSR count). The van der Waals surface area contributed by atoms with E-state index in [4.69, 9.17) is 9.15 Å². The number of ether oxygens (including phenoxy) is 1. The Morgan fingerprint density at radius 2 is 1.69 bits per heavy atom. The Kier molecular flexibility index (Phi) is 4.87. The highest BCUT2D eigenvalue weighted by Gasteiger charge is 2.27. The summed E-state index contributed by atoms with van der Waals surface area (Å²) < 4.78 is 11.0. The number of carbonyl (C=O) groups excluding carboxylic acids is 3. The maximum Gasteiger partial charge on any atom is 0.264 e. The SMILES string of the molecule is COc1ccc(N=C2NC(=O)C(=Cc3ccc(-c4ccc5c(c4)C(=O)NC5=O)o3)S2)cc1. The molecule has 0 atom stereocenters. The number of methoxy groups -OCH3 is 1. The van der Waals surface area contributed by atoms with Gasteiger partial charge in [0.25, 0.3) is 17.7 Å². The highest BCUT2D eigenvalue weighted by molar-refractivity contribution is 8.18. The lowest BCUT2D eigenvalue weighted by Crippen LogP contribution is -2.19. The van der Waals surface area contributed by atoms with Gasteiger partial charge in [0.2, 0.25) is 0 Å². The average Bonchev–Trinajstić information content (AvgIpc) is 3.47. The minimum atomic E-state index is -0.427. The van der Waals surface area contributed by atoms with Crippen LogP contribution in [0.3, 0.4) is 0 Å². The number of thioether (sulfide) groups is 1. The van der Waals surface area contributed by atoms with Gasteiger partial charge in [0.1, 0.15) is 17.3 Å². The number of hydrogen-bond acceptors (Lipinski definition) is 7. The smallest absolute Gasteiger partial charge is 0.264 e. The van der Waals surface area contributed by atoms with Crippen LogP contribution in [-0.4, -0.2) is 30.0 Å². The topological polar surface area (TPSA) is 110 Å². The molecule has 2 aliphatic heterocycles. The first-order valence-electron chi connectivity index (χ1n) is 9.54. The van der Waals surface area contributed by atoms with Gasteiger partial charge in [0.05, 0.1) is 28.8 Å². The standard InChI is InChI=1S/C23H15N3O5S/c1-30-14-5-3-13(4-6-14)24-23-26-22(29)19(32-23)11-15-7-9-18(31-15)12-2-8-16-17(10-12)21(28)25-20(16)27/h2-11H,1H3,(H,24,26,29)(H,25,27,28). The number of nitrogens with zero attached hydrogens (tertiary/aromatic N) is 1. The van der Waals surface area contributed by atoms with Crippen LogP contribution < -0.4 is 15.4 Å². The Morgan fingerprint density at radius 1 is 0.906 bits per heavy atom. The molecule has 3 aromatic rings. The van der Waals surface area contributed by atoms with E-state index in [1.165, 1.54) is 11.8 Å². The van der Waals surface area contributed by atoms with E-state index < -0.39 is 11.8 Å². The van der Waals surface area contributed by atoms with Crippen molar-refractivity contribution in [2.24, 2.45) is 4.99 Å². The van der Waals surface area contributed by atoms with Crippen molar-refractivity contribution >= 4 is 46.4 Å². The molecule has 0 aliphatic carbocycles. The molecule has 8 nitrogen and oxygen atoms in total. The number of rotatable bonds is 4. The van der Waals surface area contributed by atoms with Crippen molar-refractivity contribution in [3.05, 3.63) is 76.4 Å². The van der Waals surface area contributed by atoms with Gasteiger partial charge in [-0.3, -0.25) is 19.7 Å². The van der Waals surface area contributed by atoms with E-state index in [2.05, 4.69) is 15.6 Å². The zero-order valence-corrected chi connectivity index (χ0v) is 17.5. The van der Waals surface area contributed by atoms with Crippen molar-refractivity contribution in [3.8, 4) is 17.1 Å². The second-order valence-electron chi connectivity index (χ2n) is 6.93. The van der Waals surface area contributed by atoms with Crippen LogP contribution in [0.1, 0.15) is 26.5 Å². The predicted octanol–water partition coefficient (Wildman–Crippen LogP) is 3.73. The number of benzene rings is 2. The minimum Gasteiger partial charge on any atom is -0.497 e. The van der Waals surface area contributed by atoms with Crippen LogP contribution in [0.5, 0.6) is 5.75 Å². The fourth-order valence-corrected chi connectivity index (χ4v) is 4.11. The molecule has 9 heteroatoms. The number of amidine groups is 1. The first-order chi connectivity index (χ1) is 15.5. The van der Waals surface area contributed by atoms with Crippen molar-refractivity contribution in [1.29, 1.82) is 0 Å². The molecule has 2 aromatic carbocycles. The van der Waals surface area contributed by atoms with Gasteiger partial charge in [-0.15, -0.1) is 0 Å². The summed E-state index contributed by atoms with van der Waals surface area (Å²) >= 11 is 1.21. The molecule has 0 unspecified atom stereocenters. The molecule has 2 N–H and O–H groups in total. The molecule has 1 fully saturated rings. The second kappa shape index (κ2) is 7.86. The molecule has 3 heterocycles. The summed E-state index contributed by atoms with van der Waals surface area (Å²) in [7, 11) is 1.59. The van der Waals surface area contributed by atoms with Crippen molar-refractivity contribution in [3.63, 3.8) is 0 Å². The van der Waals surface area contributed by atoms with Crippen molar-refractivity contribution < 1.29 is 23.5 Å². The van der Waals surface area contributed by atoms with E-state index in [0.717, 1.165) is 5.75 Å². The summed E-state index contributed by atoms with van der Waals surface area (Å²) in [6.07, 6.45) is 1.63. The summed E-state index contributed by atoms with van der Waals surface area (Å²) in [5.41, 5.74) is 2.00. The Hall–Kier alpha value is -4.11. The van der Waals surface area contributed by atoms with Crippen LogP contribution in [0, 0.1) is 0 Å². The van der Waals surface area contributed by atoms with Crippen LogP contribution in [-0.2, 0) is 4.79 Å². The Bertz CT molecular complexity index is 1340. The molecule has 1 aromatic heterocycles. The average molecular weight is 445 g/mol. The molecule has 0 saturated carbocycles. The number of nitrogens with one attached hydrogen (secondary N) is 2. The number of aliphatic imine (C=N–C) groups is 1. The summed E-state index contributed by atoms with van der Waals surface area (Å²) in [6.45, 7) is 0.